The fourth-order valence-corrected chi connectivity index (χ4v) is 3.30. The van der Waals surface area contributed by atoms with E-state index in [2.05, 4.69) is 15.9 Å². The fourth-order valence-electron chi connectivity index (χ4n) is 1.45. The van der Waals surface area contributed by atoms with Gasteiger partial charge in [-0.2, -0.15) is 4.31 Å². The van der Waals surface area contributed by atoms with Crippen LogP contribution in [-0.2, 0) is 10.0 Å². The first-order valence-corrected chi connectivity index (χ1v) is 7.32. The number of benzene rings is 1. The highest BCUT2D eigenvalue weighted by molar-refractivity contribution is 9.10. The Balaban J connectivity index is 3.38. The van der Waals surface area contributed by atoms with Gasteiger partial charge in [0.1, 0.15) is 10.7 Å². The van der Waals surface area contributed by atoms with Crippen molar-refractivity contribution < 1.29 is 12.8 Å². The van der Waals surface area contributed by atoms with Gasteiger partial charge in [-0.25, -0.2) is 12.8 Å². The van der Waals surface area contributed by atoms with E-state index in [4.69, 9.17) is 5.73 Å². The molecule has 0 fully saturated rings. The first-order valence-electron chi connectivity index (χ1n) is 5.09. The summed E-state index contributed by atoms with van der Waals surface area (Å²) in [6, 6.07) is 2.19. The van der Waals surface area contributed by atoms with E-state index in [9.17, 15) is 12.8 Å². The summed E-state index contributed by atoms with van der Waals surface area (Å²) in [5.74, 6) is -0.807. The van der Waals surface area contributed by atoms with E-state index < -0.39 is 15.8 Å². The summed E-state index contributed by atoms with van der Waals surface area (Å²) in [6.07, 6.45) is 0. The molecule has 0 heterocycles. The molecule has 0 amide bonds. The lowest BCUT2D eigenvalue weighted by atomic mass is 10.3. The average molecular weight is 325 g/mol. The van der Waals surface area contributed by atoms with Crippen LogP contribution in [0, 0.1) is 5.82 Å². The standard InChI is InChI=1S/C10H14BrFN2O2S/c1-3-14(4-2)17(15,16)10-6-9(13)7(11)5-8(10)12/h5-6H,3-4,13H2,1-2H3. The molecular formula is C10H14BrFN2O2S. The van der Waals surface area contributed by atoms with Crippen LogP contribution in [0.25, 0.3) is 0 Å². The lowest BCUT2D eigenvalue weighted by Crippen LogP contribution is -2.31. The number of nitrogens with two attached hydrogens (primary N) is 1. The minimum absolute atomic E-state index is 0.192. The molecule has 0 aliphatic carbocycles. The van der Waals surface area contributed by atoms with Crippen LogP contribution in [-0.4, -0.2) is 25.8 Å². The third kappa shape index (κ3) is 2.78. The van der Waals surface area contributed by atoms with Crippen LogP contribution in [0.2, 0.25) is 0 Å². The molecule has 0 atom stereocenters. The number of halogens is 2. The van der Waals surface area contributed by atoms with E-state index >= 15 is 0 Å². The van der Waals surface area contributed by atoms with E-state index in [0.29, 0.717) is 4.47 Å². The molecule has 1 aromatic carbocycles. The Hall–Kier alpha value is -0.660. The second-order valence-electron chi connectivity index (χ2n) is 3.39. The number of hydrogen-bond donors (Lipinski definition) is 1. The van der Waals surface area contributed by atoms with Crippen molar-refractivity contribution in [2.75, 3.05) is 18.8 Å². The predicted octanol–water partition coefficient (Wildman–Crippen LogP) is 2.20. The SMILES string of the molecule is CCN(CC)S(=O)(=O)c1cc(N)c(Br)cc1F. The van der Waals surface area contributed by atoms with Crippen LogP contribution in [0.3, 0.4) is 0 Å². The Bertz CT molecular complexity index is 515. The largest absolute Gasteiger partial charge is 0.398 e. The molecule has 0 radical (unpaired) electrons. The van der Waals surface area contributed by atoms with E-state index in [1.54, 1.807) is 13.8 Å². The molecular weight excluding hydrogens is 311 g/mol. The summed E-state index contributed by atoms with van der Waals surface area (Å²) in [4.78, 5) is -0.387. The van der Waals surface area contributed by atoms with Crippen molar-refractivity contribution in [3.05, 3.63) is 22.4 Å². The van der Waals surface area contributed by atoms with Crippen molar-refractivity contribution in [2.45, 2.75) is 18.7 Å². The molecule has 0 saturated carbocycles. The van der Waals surface area contributed by atoms with Crippen LogP contribution >= 0.6 is 15.9 Å². The quantitative estimate of drug-likeness (QED) is 0.863. The van der Waals surface area contributed by atoms with Crippen LogP contribution < -0.4 is 5.73 Å². The molecule has 0 bridgehead atoms. The molecule has 0 aliphatic rings. The zero-order chi connectivity index (χ0) is 13.2. The zero-order valence-electron chi connectivity index (χ0n) is 9.57. The van der Waals surface area contributed by atoms with Gasteiger partial charge in [0.2, 0.25) is 10.0 Å². The summed E-state index contributed by atoms with van der Waals surface area (Å²) < 4.78 is 39.4. The minimum atomic E-state index is -3.81. The third-order valence-electron chi connectivity index (χ3n) is 2.37. The maximum atomic E-state index is 13.7. The highest BCUT2D eigenvalue weighted by Gasteiger charge is 2.26. The highest BCUT2D eigenvalue weighted by Crippen LogP contribution is 2.27. The van der Waals surface area contributed by atoms with E-state index in [0.717, 1.165) is 12.1 Å². The summed E-state index contributed by atoms with van der Waals surface area (Å²) in [7, 11) is -3.81. The highest BCUT2D eigenvalue weighted by atomic mass is 79.9. The molecule has 7 heteroatoms. The van der Waals surface area contributed by atoms with Crippen LogP contribution in [0.15, 0.2) is 21.5 Å². The maximum absolute atomic E-state index is 13.7. The van der Waals surface area contributed by atoms with Gasteiger partial charge in [-0.1, -0.05) is 13.8 Å². The molecule has 17 heavy (non-hydrogen) atoms. The molecule has 0 saturated heterocycles. The second kappa shape index (κ2) is 5.32. The zero-order valence-corrected chi connectivity index (χ0v) is 12.0. The van der Waals surface area contributed by atoms with Crippen LogP contribution in [0.5, 0.6) is 0 Å². The van der Waals surface area contributed by atoms with Gasteiger partial charge in [0.05, 0.1) is 0 Å². The van der Waals surface area contributed by atoms with Crippen LogP contribution in [0.4, 0.5) is 10.1 Å². The van der Waals surface area contributed by atoms with E-state index in [1.807, 2.05) is 0 Å². The molecule has 0 spiro atoms. The van der Waals surface area contributed by atoms with Gasteiger partial charge >= 0.3 is 0 Å². The number of rotatable bonds is 4. The van der Waals surface area contributed by atoms with Gasteiger partial charge < -0.3 is 5.73 Å². The molecule has 2 N–H and O–H groups in total. The average Bonchev–Trinajstić information content (AvgIpc) is 2.24. The molecule has 96 valence electrons. The summed E-state index contributed by atoms with van der Waals surface area (Å²) in [6.45, 7) is 3.96. The van der Waals surface area contributed by atoms with Crippen molar-refractivity contribution >= 4 is 31.6 Å². The first-order chi connectivity index (χ1) is 7.84. The lowest BCUT2D eigenvalue weighted by Gasteiger charge is -2.19. The number of hydrogen-bond acceptors (Lipinski definition) is 3. The van der Waals surface area contributed by atoms with Crippen molar-refractivity contribution in [3.8, 4) is 0 Å². The van der Waals surface area contributed by atoms with Gasteiger partial charge in [-0.05, 0) is 28.1 Å². The maximum Gasteiger partial charge on any atom is 0.246 e. The van der Waals surface area contributed by atoms with Gasteiger partial charge in [0, 0.05) is 23.2 Å². The van der Waals surface area contributed by atoms with Gasteiger partial charge in [0.25, 0.3) is 0 Å². The molecule has 4 nitrogen and oxygen atoms in total. The number of nitrogen functional groups attached to an aromatic ring is 1. The fraction of sp³-hybridized carbons (Fsp3) is 0.400. The first kappa shape index (κ1) is 14.4. The van der Waals surface area contributed by atoms with Crippen molar-refractivity contribution in [1.29, 1.82) is 0 Å². The Labute approximate surface area is 109 Å². The molecule has 0 aliphatic heterocycles. The van der Waals surface area contributed by atoms with Crippen LogP contribution in [0.1, 0.15) is 13.8 Å². The minimum Gasteiger partial charge on any atom is -0.398 e. The smallest absolute Gasteiger partial charge is 0.246 e. The van der Waals surface area contributed by atoms with Gasteiger partial charge in [-0.3, -0.25) is 0 Å². The topological polar surface area (TPSA) is 63.4 Å². The van der Waals surface area contributed by atoms with Crippen molar-refractivity contribution in [1.82, 2.24) is 4.31 Å². The normalized spacial score (nSPS) is 12.1. The van der Waals surface area contributed by atoms with E-state index in [1.165, 1.54) is 4.31 Å². The summed E-state index contributed by atoms with van der Waals surface area (Å²) in [5.41, 5.74) is 5.76. The number of anilines is 1. The van der Waals surface area contributed by atoms with Gasteiger partial charge in [-0.15, -0.1) is 0 Å². The molecule has 0 unspecified atom stereocenters. The Morgan fingerprint density at radius 2 is 1.88 bits per heavy atom. The van der Waals surface area contributed by atoms with Crippen molar-refractivity contribution in [3.63, 3.8) is 0 Å². The van der Waals surface area contributed by atoms with Crippen molar-refractivity contribution in [2.24, 2.45) is 0 Å². The second-order valence-corrected chi connectivity index (χ2v) is 6.15. The summed E-state index contributed by atoms with van der Waals surface area (Å²) >= 11 is 3.04. The molecule has 0 aromatic heterocycles. The predicted molar refractivity (Wildman–Crippen MR) is 68.6 cm³/mol. The number of sulfonamides is 1. The monoisotopic (exact) mass is 324 g/mol. The van der Waals surface area contributed by atoms with Gasteiger partial charge in [0.15, 0.2) is 0 Å². The molecule has 1 aromatic rings. The summed E-state index contributed by atoms with van der Waals surface area (Å²) in [5, 5.41) is 0. The Kier molecular flexibility index (Phi) is 4.51. The van der Waals surface area contributed by atoms with E-state index in [-0.39, 0.29) is 23.7 Å². The molecule has 1 rings (SSSR count). The number of nitrogens with zero attached hydrogens (tertiary/aromatic N) is 1. The Morgan fingerprint density at radius 3 is 2.35 bits per heavy atom. The lowest BCUT2D eigenvalue weighted by molar-refractivity contribution is 0.440. The Morgan fingerprint density at radius 1 is 1.35 bits per heavy atom. The third-order valence-corrected chi connectivity index (χ3v) is 5.13.